The summed E-state index contributed by atoms with van der Waals surface area (Å²) in [5.41, 5.74) is 2.51. The normalized spacial score (nSPS) is 11.5. The summed E-state index contributed by atoms with van der Waals surface area (Å²) >= 11 is 0. The molecule has 0 aliphatic carbocycles. The Labute approximate surface area is 156 Å². The highest BCUT2D eigenvalue weighted by Gasteiger charge is 2.18. The standard InChI is InChI=1S/C20H22N4O3/c1-22-17-7-8-21-13-18(17)24(20(22)26)19-12-14-11-15(27-2)5-6-16(14)23(19)9-3-4-10-25/h5-8,11-13,25H,3-4,9-10H2,1-2H3. The summed E-state index contributed by atoms with van der Waals surface area (Å²) in [6.07, 6.45) is 4.93. The second-order valence-electron chi connectivity index (χ2n) is 6.55. The molecule has 0 spiro atoms. The molecular weight excluding hydrogens is 344 g/mol. The molecular formula is C20H22N4O3. The summed E-state index contributed by atoms with van der Waals surface area (Å²) in [5, 5.41) is 10.2. The van der Waals surface area contributed by atoms with Crippen molar-refractivity contribution in [2.45, 2.75) is 19.4 Å². The minimum atomic E-state index is -0.115. The maximum Gasteiger partial charge on any atom is 0.334 e. The van der Waals surface area contributed by atoms with Crippen LogP contribution in [-0.4, -0.2) is 37.5 Å². The van der Waals surface area contributed by atoms with Gasteiger partial charge >= 0.3 is 5.69 Å². The van der Waals surface area contributed by atoms with Gasteiger partial charge in [-0.15, -0.1) is 0 Å². The maximum atomic E-state index is 13.0. The molecule has 0 amide bonds. The predicted octanol–water partition coefficient (Wildman–Crippen LogP) is 2.46. The Morgan fingerprint density at radius 2 is 1.96 bits per heavy atom. The van der Waals surface area contributed by atoms with E-state index in [1.807, 2.05) is 30.3 Å². The minimum absolute atomic E-state index is 0.115. The second kappa shape index (κ2) is 6.92. The van der Waals surface area contributed by atoms with Crippen LogP contribution in [-0.2, 0) is 13.6 Å². The lowest BCUT2D eigenvalue weighted by molar-refractivity contribution is 0.281. The molecule has 140 valence electrons. The zero-order valence-electron chi connectivity index (χ0n) is 15.4. The number of aliphatic hydroxyl groups excluding tert-OH is 1. The lowest BCUT2D eigenvalue weighted by Crippen LogP contribution is -2.23. The molecule has 4 aromatic rings. The van der Waals surface area contributed by atoms with Gasteiger partial charge in [0.15, 0.2) is 0 Å². The van der Waals surface area contributed by atoms with Gasteiger partial charge in [-0.3, -0.25) is 9.55 Å². The average Bonchev–Trinajstić information content (AvgIpc) is 3.17. The molecule has 1 aromatic carbocycles. The number of hydrogen-bond acceptors (Lipinski definition) is 4. The molecule has 7 nitrogen and oxygen atoms in total. The van der Waals surface area contributed by atoms with E-state index >= 15 is 0 Å². The number of aryl methyl sites for hydroxylation is 2. The van der Waals surface area contributed by atoms with Gasteiger partial charge in [0.2, 0.25) is 0 Å². The predicted molar refractivity (Wildman–Crippen MR) is 105 cm³/mol. The van der Waals surface area contributed by atoms with Crippen LogP contribution in [0.2, 0.25) is 0 Å². The van der Waals surface area contributed by atoms with Crippen molar-refractivity contribution >= 4 is 21.9 Å². The Morgan fingerprint density at radius 1 is 1.11 bits per heavy atom. The smallest absolute Gasteiger partial charge is 0.334 e. The number of aromatic nitrogens is 4. The molecule has 0 atom stereocenters. The van der Waals surface area contributed by atoms with Crippen LogP contribution in [0.3, 0.4) is 0 Å². The third-order valence-corrected chi connectivity index (χ3v) is 4.96. The molecule has 1 N–H and O–H groups in total. The van der Waals surface area contributed by atoms with E-state index in [1.54, 1.807) is 35.7 Å². The Bertz CT molecular complexity index is 1170. The van der Waals surface area contributed by atoms with Crippen molar-refractivity contribution < 1.29 is 9.84 Å². The Kier molecular flexibility index (Phi) is 4.45. The molecule has 0 saturated carbocycles. The highest BCUT2D eigenvalue weighted by Crippen LogP contribution is 2.28. The lowest BCUT2D eigenvalue weighted by Gasteiger charge is -2.11. The number of methoxy groups -OCH3 is 1. The van der Waals surface area contributed by atoms with Crippen LogP contribution in [0.4, 0.5) is 0 Å². The van der Waals surface area contributed by atoms with Crippen LogP contribution < -0.4 is 10.4 Å². The molecule has 0 saturated heterocycles. The van der Waals surface area contributed by atoms with Crippen LogP contribution in [0.1, 0.15) is 12.8 Å². The Balaban J connectivity index is 1.99. The third-order valence-electron chi connectivity index (χ3n) is 4.96. The van der Waals surface area contributed by atoms with Crippen LogP contribution in [0.25, 0.3) is 27.8 Å². The van der Waals surface area contributed by atoms with Crippen molar-refractivity contribution in [3.63, 3.8) is 0 Å². The molecule has 0 aliphatic rings. The topological polar surface area (TPSA) is 74.2 Å². The fraction of sp³-hybridized carbons (Fsp3) is 0.300. The van der Waals surface area contributed by atoms with E-state index in [0.717, 1.165) is 39.9 Å². The van der Waals surface area contributed by atoms with Gasteiger partial charge in [-0.05, 0) is 43.2 Å². The first-order chi connectivity index (χ1) is 13.2. The van der Waals surface area contributed by atoms with Gasteiger partial charge in [-0.1, -0.05) is 0 Å². The van der Waals surface area contributed by atoms with Gasteiger partial charge in [-0.25, -0.2) is 9.36 Å². The number of hydrogen-bond donors (Lipinski definition) is 1. The van der Waals surface area contributed by atoms with Crippen molar-refractivity contribution in [1.29, 1.82) is 0 Å². The first-order valence-corrected chi connectivity index (χ1v) is 8.95. The highest BCUT2D eigenvalue weighted by molar-refractivity contribution is 5.86. The van der Waals surface area contributed by atoms with Crippen molar-refractivity contribution in [3.8, 4) is 11.6 Å². The minimum Gasteiger partial charge on any atom is -0.497 e. The van der Waals surface area contributed by atoms with Gasteiger partial charge in [0.05, 0.1) is 24.3 Å². The number of imidazole rings is 1. The molecule has 0 unspecified atom stereocenters. The third kappa shape index (κ3) is 2.80. The summed E-state index contributed by atoms with van der Waals surface area (Å²) < 4.78 is 10.8. The zero-order chi connectivity index (χ0) is 19.0. The van der Waals surface area contributed by atoms with Gasteiger partial charge in [-0.2, -0.15) is 0 Å². The second-order valence-corrected chi connectivity index (χ2v) is 6.55. The van der Waals surface area contributed by atoms with Crippen LogP contribution in [0.5, 0.6) is 5.75 Å². The number of pyridine rings is 1. The van der Waals surface area contributed by atoms with Crippen LogP contribution >= 0.6 is 0 Å². The van der Waals surface area contributed by atoms with E-state index < -0.39 is 0 Å². The summed E-state index contributed by atoms with van der Waals surface area (Å²) in [6, 6.07) is 9.74. The molecule has 3 heterocycles. The van der Waals surface area contributed by atoms with Gasteiger partial charge in [0.25, 0.3) is 0 Å². The SMILES string of the molecule is COc1ccc2c(c1)cc(-n1c(=O)n(C)c3ccncc31)n2CCCCO. The zero-order valence-corrected chi connectivity index (χ0v) is 15.4. The molecule has 4 rings (SSSR count). The van der Waals surface area contributed by atoms with Crippen molar-refractivity contribution in [2.75, 3.05) is 13.7 Å². The number of aliphatic hydroxyl groups is 1. The summed E-state index contributed by atoms with van der Waals surface area (Å²) in [6.45, 7) is 0.856. The first kappa shape index (κ1) is 17.4. The Morgan fingerprint density at radius 3 is 2.74 bits per heavy atom. The summed E-state index contributed by atoms with van der Waals surface area (Å²) in [5.74, 6) is 1.56. The summed E-state index contributed by atoms with van der Waals surface area (Å²) in [7, 11) is 3.41. The number of rotatable bonds is 6. The van der Waals surface area contributed by atoms with E-state index in [-0.39, 0.29) is 12.3 Å². The van der Waals surface area contributed by atoms with Crippen molar-refractivity contribution in [3.05, 3.63) is 53.2 Å². The van der Waals surface area contributed by atoms with E-state index in [4.69, 9.17) is 9.84 Å². The Hall–Kier alpha value is -3.06. The van der Waals surface area contributed by atoms with Crippen molar-refractivity contribution in [1.82, 2.24) is 18.7 Å². The molecule has 0 radical (unpaired) electrons. The van der Waals surface area contributed by atoms with Gasteiger partial charge in [0, 0.05) is 37.3 Å². The maximum absolute atomic E-state index is 13.0. The molecule has 0 aliphatic heterocycles. The molecule has 0 bridgehead atoms. The molecule has 7 heteroatoms. The highest BCUT2D eigenvalue weighted by atomic mass is 16.5. The molecule has 0 fully saturated rings. The van der Waals surface area contributed by atoms with E-state index in [1.165, 1.54) is 0 Å². The number of nitrogens with zero attached hydrogens (tertiary/aromatic N) is 4. The number of benzene rings is 1. The fourth-order valence-corrected chi connectivity index (χ4v) is 3.58. The van der Waals surface area contributed by atoms with Crippen LogP contribution in [0, 0.1) is 0 Å². The van der Waals surface area contributed by atoms with Gasteiger partial charge in [0.1, 0.15) is 11.6 Å². The van der Waals surface area contributed by atoms with Crippen LogP contribution in [0.15, 0.2) is 47.5 Å². The van der Waals surface area contributed by atoms with E-state index in [0.29, 0.717) is 13.0 Å². The summed E-state index contributed by atoms with van der Waals surface area (Å²) in [4.78, 5) is 17.2. The van der Waals surface area contributed by atoms with E-state index in [9.17, 15) is 4.79 Å². The first-order valence-electron chi connectivity index (χ1n) is 8.95. The number of fused-ring (bicyclic) bond motifs is 2. The lowest BCUT2D eigenvalue weighted by atomic mass is 10.2. The molecule has 3 aromatic heterocycles. The monoisotopic (exact) mass is 366 g/mol. The van der Waals surface area contributed by atoms with Gasteiger partial charge < -0.3 is 14.4 Å². The average molecular weight is 366 g/mol. The van der Waals surface area contributed by atoms with Crippen molar-refractivity contribution in [2.24, 2.45) is 7.05 Å². The quantitative estimate of drug-likeness (QED) is 0.532. The molecule has 27 heavy (non-hydrogen) atoms. The number of unbranched alkanes of at least 4 members (excludes halogenated alkanes) is 1. The largest absolute Gasteiger partial charge is 0.497 e. The fourth-order valence-electron chi connectivity index (χ4n) is 3.58. The van der Waals surface area contributed by atoms with E-state index in [2.05, 4.69) is 9.55 Å². The number of ether oxygens (including phenoxy) is 1.